The molecule has 1 heterocycles. The Kier molecular flexibility index (Phi) is 6.55. The number of benzene rings is 3. The van der Waals surface area contributed by atoms with Crippen molar-refractivity contribution in [3.05, 3.63) is 87.6 Å². The van der Waals surface area contributed by atoms with Gasteiger partial charge < -0.3 is 24.9 Å². The Bertz CT molecular complexity index is 1490. The largest absolute Gasteiger partial charge is 0.497 e. The molecule has 0 unspecified atom stereocenters. The van der Waals surface area contributed by atoms with Crippen molar-refractivity contribution in [2.75, 3.05) is 19.0 Å². The predicted molar refractivity (Wildman–Crippen MR) is 133 cm³/mol. The third kappa shape index (κ3) is 4.86. The third-order valence-electron chi connectivity index (χ3n) is 5.45. The summed E-state index contributed by atoms with van der Waals surface area (Å²) in [5.74, 6) is -0.504. The summed E-state index contributed by atoms with van der Waals surface area (Å²) in [6.07, 6.45) is 0. The summed E-state index contributed by atoms with van der Waals surface area (Å²) < 4.78 is 17.1. The first-order valence-corrected chi connectivity index (χ1v) is 10.8. The minimum absolute atomic E-state index is 0.0917. The highest BCUT2D eigenvalue weighted by Crippen LogP contribution is 2.33. The lowest BCUT2D eigenvalue weighted by Crippen LogP contribution is -2.24. The van der Waals surface area contributed by atoms with Gasteiger partial charge in [0.15, 0.2) is 12.4 Å². The topological polar surface area (TPSA) is 121 Å². The fraction of sp³-hybridized carbons (Fsp3) is 0.148. The number of ether oxygens (including phenoxy) is 2. The van der Waals surface area contributed by atoms with Crippen molar-refractivity contribution in [2.45, 2.75) is 13.8 Å². The van der Waals surface area contributed by atoms with E-state index in [1.165, 1.54) is 6.07 Å². The van der Waals surface area contributed by atoms with E-state index in [0.717, 1.165) is 11.1 Å². The molecule has 0 atom stereocenters. The van der Waals surface area contributed by atoms with Crippen LogP contribution in [0.15, 0.2) is 69.9 Å². The number of primary amides is 1. The van der Waals surface area contributed by atoms with Crippen molar-refractivity contribution in [1.82, 2.24) is 0 Å². The molecule has 8 heteroatoms. The van der Waals surface area contributed by atoms with Gasteiger partial charge in [-0.05, 0) is 67.4 Å². The zero-order valence-corrected chi connectivity index (χ0v) is 19.5. The van der Waals surface area contributed by atoms with Crippen LogP contribution in [0.1, 0.15) is 21.5 Å². The second-order valence-corrected chi connectivity index (χ2v) is 8.02. The average molecular weight is 472 g/mol. The number of fused-ring (bicyclic) bond motifs is 1. The smallest absolute Gasteiger partial charge is 0.262 e. The van der Waals surface area contributed by atoms with Crippen LogP contribution in [-0.4, -0.2) is 25.5 Å². The number of carbonyl (C=O) groups excluding carboxylic acids is 2. The van der Waals surface area contributed by atoms with Crippen LogP contribution in [-0.2, 0) is 4.79 Å². The Morgan fingerprint density at radius 2 is 1.74 bits per heavy atom. The van der Waals surface area contributed by atoms with Crippen molar-refractivity contribution in [3.63, 3.8) is 0 Å². The summed E-state index contributed by atoms with van der Waals surface area (Å²) in [7, 11) is 1.56. The fourth-order valence-electron chi connectivity index (χ4n) is 3.83. The average Bonchev–Trinajstić information content (AvgIpc) is 2.84. The van der Waals surface area contributed by atoms with E-state index in [-0.39, 0.29) is 22.8 Å². The number of carbonyl (C=O) groups is 2. The molecule has 2 amide bonds. The molecule has 4 aromatic rings. The molecule has 0 saturated heterocycles. The number of hydrogen-bond acceptors (Lipinski definition) is 6. The number of methoxy groups -OCH3 is 1. The maximum Gasteiger partial charge on any atom is 0.262 e. The number of aryl methyl sites for hydroxylation is 2. The Morgan fingerprint density at radius 1 is 1.03 bits per heavy atom. The number of nitrogens with two attached hydrogens (primary N) is 1. The molecular weight excluding hydrogens is 448 g/mol. The standard InChI is InChI=1S/C27H24N2O6/c1-15-12-16(2)24-20(13-15)23(31)26(25(35-24)17-8-10-18(33-3)11-9-17)34-14-22(30)29-21-7-5-4-6-19(21)27(28)32/h4-13H,14H2,1-3H3,(H2,28,32)(H,29,30). The quantitative estimate of drug-likeness (QED) is 0.416. The predicted octanol–water partition coefficient (Wildman–Crippen LogP) is 4.20. The first-order valence-electron chi connectivity index (χ1n) is 10.8. The molecule has 8 nitrogen and oxygen atoms in total. The molecule has 0 fully saturated rings. The van der Waals surface area contributed by atoms with Crippen LogP contribution in [0.25, 0.3) is 22.3 Å². The maximum absolute atomic E-state index is 13.5. The molecule has 0 bridgehead atoms. The second-order valence-electron chi connectivity index (χ2n) is 8.02. The lowest BCUT2D eigenvalue weighted by atomic mass is 10.1. The van der Waals surface area contributed by atoms with Crippen molar-refractivity contribution < 1.29 is 23.5 Å². The van der Waals surface area contributed by atoms with Crippen molar-refractivity contribution in [2.24, 2.45) is 5.73 Å². The van der Waals surface area contributed by atoms with Gasteiger partial charge >= 0.3 is 0 Å². The molecule has 0 aliphatic rings. The van der Waals surface area contributed by atoms with Crippen molar-refractivity contribution >= 4 is 28.5 Å². The van der Waals surface area contributed by atoms with Gasteiger partial charge in [-0.15, -0.1) is 0 Å². The first-order chi connectivity index (χ1) is 16.8. The second kappa shape index (κ2) is 9.72. The van der Waals surface area contributed by atoms with Gasteiger partial charge in [0.25, 0.3) is 11.8 Å². The minimum Gasteiger partial charge on any atom is -0.497 e. The maximum atomic E-state index is 13.5. The number of amides is 2. The van der Waals surface area contributed by atoms with Crippen LogP contribution in [0.2, 0.25) is 0 Å². The van der Waals surface area contributed by atoms with Gasteiger partial charge in [0.2, 0.25) is 11.2 Å². The number of para-hydroxylation sites is 1. The van der Waals surface area contributed by atoms with Gasteiger partial charge in [-0.25, -0.2) is 0 Å². The van der Waals surface area contributed by atoms with Crippen LogP contribution in [0.4, 0.5) is 5.69 Å². The summed E-state index contributed by atoms with van der Waals surface area (Å²) in [5, 5.41) is 2.95. The van der Waals surface area contributed by atoms with E-state index in [2.05, 4.69) is 5.32 Å². The van der Waals surface area contributed by atoms with Crippen LogP contribution in [0.5, 0.6) is 11.5 Å². The molecule has 3 aromatic carbocycles. The molecule has 178 valence electrons. The van der Waals surface area contributed by atoms with E-state index < -0.39 is 23.9 Å². The number of hydrogen-bond donors (Lipinski definition) is 2. The number of rotatable bonds is 7. The van der Waals surface area contributed by atoms with Gasteiger partial charge in [-0.3, -0.25) is 14.4 Å². The van der Waals surface area contributed by atoms with E-state index in [1.807, 2.05) is 19.9 Å². The molecule has 0 aliphatic heterocycles. The Labute approximate surface area is 201 Å². The highest BCUT2D eigenvalue weighted by Gasteiger charge is 2.21. The van der Waals surface area contributed by atoms with E-state index in [1.54, 1.807) is 55.6 Å². The number of nitrogens with one attached hydrogen (secondary N) is 1. The minimum atomic E-state index is -0.676. The highest BCUT2D eigenvalue weighted by atomic mass is 16.5. The van der Waals surface area contributed by atoms with Crippen molar-refractivity contribution in [3.8, 4) is 22.8 Å². The van der Waals surface area contributed by atoms with Gasteiger partial charge in [-0.1, -0.05) is 18.2 Å². The van der Waals surface area contributed by atoms with Crippen LogP contribution >= 0.6 is 0 Å². The van der Waals surface area contributed by atoms with Gasteiger partial charge in [0, 0.05) is 5.56 Å². The Morgan fingerprint density at radius 3 is 2.43 bits per heavy atom. The molecule has 35 heavy (non-hydrogen) atoms. The van der Waals surface area contributed by atoms with Gasteiger partial charge in [-0.2, -0.15) is 0 Å². The van der Waals surface area contributed by atoms with Gasteiger partial charge in [0.1, 0.15) is 11.3 Å². The molecule has 0 spiro atoms. The Hall–Kier alpha value is -4.59. The normalized spacial score (nSPS) is 10.7. The summed E-state index contributed by atoms with van der Waals surface area (Å²) in [6.45, 7) is 3.25. The highest BCUT2D eigenvalue weighted by molar-refractivity contribution is 6.03. The molecule has 0 radical (unpaired) electrons. The number of anilines is 1. The Balaban J connectivity index is 1.72. The fourth-order valence-corrected chi connectivity index (χ4v) is 3.83. The van der Waals surface area contributed by atoms with E-state index in [0.29, 0.717) is 22.3 Å². The zero-order chi connectivity index (χ0) is 25.1. The third-order valence-corrected chi connectivity index (χ3v) is 5.45. The van der Waals surface area contributed by atoms with Crippen molar-refractivity contribution in [1.29, 1.82) is 0 Å². The van der Waals surface area contributed by atoms with E-state index in [4.69, 9.17) is 19.6 Å². The lowest BCUT2D eigenvalue weighted by Gasteiger charge is -2.14. The first kappa shape index (κ1) is 23.6. The molecule has 1 aromatic heterocycles. The summed E-state index contributed by atoms with van der Waals surface area (Å²) in [4.78, 5) is 37.7. The van der Waals surface area contributed by atoms with Crippen LogP contribution in [0, 0.1) is 13.8 Å². The molecular formula is C27H24N2O6. The van der Waals surface area contributed by atoms with E-state index >= 15 is 0 Å². The van der Waals surface area contributed by atoms with Crippen LogP contribution < -0.4 is 26.0 Å². The summed E-state index contributed by atoms with van der Waals surface area (Å²) >= 11 is 0. The van der Waals surface area contributed by atoms with E-state index in [9.17, 15) is 14.4 Å². The summed E-state index contributed by atoms with van der Waals surface area (Å²) in [5.41, 5.74) is 8.12. The molecule has 3 N–H and O–H groups in total. The van der Waals surface area contributed by atoms with Gasteiger partial charge in [0.05, 0.1) is 23.7 Å². The molecule has 0 saturated carbocycles. The SMILES string of the molecule is COc1ccc(-c2oc3c(C)cc(C)cc3c(=O)c2OCC(=O)Nc2ccccc2C(N)=O)cc1. The lowest BCUT2D eigenvalue weighted by molar-refractivity contribution is -0.118. The van der Waals surface area contributed by atoms with Crippen LogP contribution in [0.3, 0.4) is 0 Å². The monoisotopic (exact) mass is 472 g/mol. The zero-order valence-electron chi connectivity index (χ0n) is 19.5. The summed E-state index contributed by atoms with van der Waals surface area (Å²) in [6, 6.07) is 16.9. The molecule has 4 rings (SSSR count). The molecule has 0 aliphatic carbocycles.